The molecule has 0 aliphatic rings. The Bertz CT molecular complexity index is 506. The number of amides is 2. The van der Waals surface area contributed by atoms with Gasteiger partial charge in [0.05, 0.1) is 6.07 Å². The van der Waals surface area contributed by atoms with Crippen LogP contribution in [0.2, 0.25) is 0 Å². The normalized spacial score (nSPS) is 9.53. The van der Waals surface area contributed by atoms with E-state index < -0.39 is 23.4 Å². The van der Waals surface area contributed by atoms with Gasteiger partial charge in [-0.2, -0.15) is 5.26 Å². The Hall–Kier alpha value is -2.49. The zero-order valence-corrected chi connectivity index (χ0v) is 9.87. The standard InChI is InChI=1S/C12H11F2N3O2/c13-9-5-8(6-10(14)7-9)1-3-16-11(18)12(19)17-4-2-15/h5-7H,1,3-4H2,(H,16,18)(H,17,19). The summed E-state index contributed by atoms with van der Waals surface area (Å²) in [6.07, 6.45) is 0.186. The first-order chi connectivity index (χ1) is 9.02. The van der Waals surface area contributed by atoms with E-state index in [0.717, 1.165) is 18.2 Å². The summed E-state index contributed by atoms with van der Waals surface area (Å²) in [5.41, 5.74) is 0.371. The van der Waals surface area contributed by atoms with Crippen LogP contribution in [0.25, 0.3) is 0 Å². The van der Waals surface area contributed by atoms with Gasteiger partial charge in [-0.05, 0) is 24.1 Å². The van der Waals surface area contributed by atoms with E-state index in [1.165, 1.54) is 0 Å². The molecule has 5 nitrogen and oxygen atoms in total. The van der Waals surface area contributed by atoms with Gasteiger partial charge < -0.3 is 10.6 Å². The average Bonchev–Trinajstić information content (AvgIpc) is 2.34. The number of hydrogen-bond donors (Lipinski definition) is 2. The van der Waals surface area contributed by atoms with Crippen molar-refractivity contribution < 1.29 is 18.4 Å². The Kier molecular flexibility index (Phi) is 5.41. The quantitative estimate of drug-likeness (QED) is 0.606. The first-order valence-corrected chi connectivity index (χ1v) is 5.41. The fourth-order valence-corrected chi connectivity index (χ4v) is 1.36. The van der Waals surface area contributed by atoms with Crippen LogP contribution in [0, 0.1) is 23.0 Å². The molecule has 7 heteroatoms. The summed E-state index contributed by atoms with van der Waals surface area (Å²) in [5, 5.41) is 12.5. The third-order valence-corrected chi connectivity index (χ3v) is 2.16. The largest absolute Gasteiger partial charge is 0.348 e. The highest BCUT2D eigenvalue weighted by molar-refractivity contribution is 6.35. The van der Waals surface area contributed by atoms with Crippen molar-refractivity contribution in [2.24, 2.45) is 0 Å². The molecule has 0 bridgehead atoms. The lowest BCUT2D eigenvalue weighted by molar-refractivity contribution is -0.139. The number of nitrogens with one attached hydrogen (secondary N) is 2. The second-order valence-corrected chi connectivity index (χ2v) is 3.62. The van der Waals surface area contributed by atoms with Gasteiger partial charge in [0.25, 0.3) is 0 Å². The molecule has 0 aromatic heterocycles. The number of nitrogens with zero attached hydrogens (tertiary/aromatic N) is 1. The topological polar surface area (TPSA) is 82.0 Å². The molecule has 19 heavy (non-hydrogen) atoms. The second-order valence-electron chi connectivity index (χ2n) is 3.62. The van der Waals surface area contributed by atoms with Gasteiger partial charge >= 0.3 is 11.8 Å². The fourth-order valence-electron chi connectivity index (χ4n) is 1.36. The lowest BCUT2D eigenvalue weighted by Crippen LogP contribution is -2.40. The van der Waals surface area contributed by atoms with Gasteiger partial charge in [0.1, 0.15) is 18.2 Å². The summed E-state index contributed by atoms with van der Waals surface area (Å²) < 4.78 is 25.7. The van der Waals surface area contributed by atoms with Crippen molar-refractivity contribution in [1.82, 2.24) is 10.6 Å². The van der Waals surface area contributed by atoms with E-state index in [0.29, 0.717) is 5.56 Å². The monoisotopic (exact) mass is 267 g/mol. The predicted octanol–water partition coefficient (Wildman–Crippen LogP) is 0.263. The van der Waals surface area contributed by atoms with Crippen LogP contribution in [0.3, 0.4) is 0 Å². The van der Waals surface area contributed by atoms with E-state index in [1.54, 1.807) is 6.07 Å². The molecule has 2 amide bonds. The molecular weight excluding hydrogens is 256 g/mol. The highest BCUT2D eigenvalue weighted by Crippen LogP contribution is 2.07. The van der Waals surface area contributed by atoms with E-state index in [9.17, 15) is 18.4 Å². The molecule has 1 rings (SSSR count). The Morgan fingerprint density at radius 3 is 2.26 bits per heavy atom. The molecule has 0 aliphatic heterocycles. The second kappa shape index (κ2) is 7.06. The number of nitriles is 1. The molecule has 0 unspecified atom stereocenters. The van der Waals surface area contributed by atoms with Crippen molar-refractivity contribution >= 4 is 11.8 Å². The molecule has 2 N–H and O–H groups in total. The maximum absolute atomic E-state index is 12.9. The smallest absolute Gasteiger partial charge is 0.310 e. The Morgan fingerprint density at radius 1 is 1.11 bits per heavy atom. The van der Waals surface area contributed by atoms with Crippen LogP contribution in [0.1, 0.15) is 5.56 Å². The van der Waals surface area contributed by atoms with Crippen LogP contribution in [-0.2, 0) is 16.0 Å². The molecule has 1 aromatic rings. The van der Waals surface area contributed by atoms with Gasteiger partial charge in [-0.3, -0.25) is 9.59 Å². The van der Waals surface area contributed by atoms with Crippen LogP contribution in [-0.4, -0.2) is 24.9 Å². The number of carbonyl (C=O) groups is 2. The molecule has 0 fully saturated rings. The number of benzene rings is 1. The minimum absolute atomic E-state index is 0.0572. The molecular formula is C12H11F2N3O2. The SMILES string of the molecule is N#CCNC(=O)C(=O)NCCc1cc(F)cc(F)c1. The summed E-state index contributed by atoms with van der Waals surface area (Å²) >= 11 is 0. The summed E-state index contributed by atoms with van der Waals surface area (Å²) in [5.74, 6) is -3.22. The van der Waals surface area contributed by atoms with Crippen molar-refractivity contribution in [3.05, 3.63) is 35.4 Å². The number of halogens is 2. The van der Waals surface area contributed by atoms with Gasteiger partial charge in [-0.15, -0.1) is 0 Å². The molecule has 0 aliphatic carbocycles. The van der Waals surface area contributed by atoms with Gasteiger partial charge in [-0.1, -0.05) is 0 Å². The first-order valence-electron chi connectivity index (χ1n) is 5.41. The van der Waals surface area contributed by atoms with Crippen molar-refractivity contribution in [3.8, 4) is 6.07 Å². The number of carbonyl (C=O) groups excluding carboxylic acids is 2. The Balaban J connectivity index is 2.40. The van der Waals surface area contributed by atoms with E-state index in [2.05, 4.69) is 10.6 Å². The Labute approximate surface area is 108 Å². The van der Waals surface area contributed by atoms with Crippen LogP contribution in [0.15, 0.2) is 18.2 Å². The van der Waals surface area contributed by atoms with Crippen molar-refractivity contribution in [2.45, 2.75) is 6.42 Å². The van der Waals surface area contributed by atoms with Gasteiger partial charge in [0.15, 0.2) is 0 Å². The molecule has 0 saturated carbocycles. The van der Waals surface area contributed by atoms with Gasteiger partial charge in [0, 0.05) is 12.6 Å². The van der Waals surface area contributed by atoms with Crippen LogP contribution in [0.5, 0.6) is 0 Å². The molecule has 0 spiro atoms. The zero-order valence-electron chi connectivity index (χ0n) is 9.87. The van der Waals surface area contributed by atoms with Gasteiger partial charge in [0.2, 0.25) is 0 Å². The molecule has 0 atom stereocenters. The minimum atomic E-state index is -0.924. The number of rotatable bonds is 4. The summed E-state index contributed by atoms with van der Waals surface area (Å²) in [6, 6.07) is 4.69. The Morgan fingerprint density at radius 2 is 1.68 bits per heavy atom. The fraction of sp³-hybridized carbons (Fsp3) is 0.250. The highest BCUT2D eigenvalue weighted by Gasteiger charge is 2.11. The highest BCUT2D eigenvalue weighted by atomic mass is 19.1. The van der Waals surface area contributed by atoms with Crippen molar-refractivity contribution in [3.63, 3.8) is 0 Å². The zero-order chi connectivity index (χ0) is 14.3. The van der Waals surface area contributed by atoms with E-state index in [1.807, 2.05) is 0 Å². The molecule has 100 valence electrons. The van der Waals surface area contributed by atoms with E-state index in [4.69, 9.17) is 5.26 Å². The third kappa shape index (κ3) is 5.12. The van der Waals surface area contributed by atoms with E-state index >= 15 is 0 Å². The molecule has 0 heterocycles. The maximum Gasteiger partial charge on any atom is 0.310 e. The maximum atomic E-state index is 12.9. The molecule has 0 radical (unpaired) electrons. The van der Waals surface area contributed by atoms with E-state index in [-0.39, 0.29) is 19.5 Å². The first kappa shape index (κ1) is 14.6. The summed E-state index contributed by atoms with van der Waals surface area (Å²) in [6.45, 7) is -0.205. The summed E-state index contributed by atoms with van der Waals surface area (Å²) in [7, 11) is 0. The van der Waals surface area contributed by atoms with Crippen LogP contribution >= 0.6 is 0 Å². The molecule has 0 saturated heterocycles. The average molecular weight is 267 g/mol. The predicted molar refractivity (Wildman–Crippen MR) is 61.7 cm³/mol. The van der Waals surface area contributed by atoms with Crippen LogP contribution < -0.4 is 10.6 Å². The van der Waals surface area contributed by atoms with Crippen molar-refractivity contribution in [1.29, 1.82) is 5.26 Å². The van der Waals surface area contributed by atoms with Gasteiger partial charge in [-0.25, -0.2) is 8.78 Å². The lowest BCUT2D eigenvalue weighted by Gasteiger charge is -2.05. The summed E-state index contributed by atoms with van der Waals surface area (Å²) in [4.78, 5) is 22.3. The lowest BCUT2D eigenvalue weighted by atomic mass is 10.1. The minimum Gasteiger partial charge on any atom is -0.348 e. The van der Waals surface area contributed by atoms with Crippen LogP contribution in [0.4, 0.5) is 8.78 Å². The number of hydrogen-bond acceptors (Lipinski definition) is 3. The molecule has 1 aromatic carbocycles. The third-order valence-electron chi connectivity index (χ3n) is 2.16. The van der Waals surface area contributed by atoms with Crippen molar-refractivity contribution in [2.75, 3.05) is 13.1 Å².